The van der Waals surface area contributed by atoms with Gasteiger partial charge in [-0.2, -0.15) is 0 Å². The van der Waals surface area contributed by atoms with E-state index in [9.17, 15) is 30.3 Å². The Labute approximate surface area is 264 Å². The minimum Gasteiger partial charge on any atom is -0.481 e. The van der Waals surface area contributed by atoms with E-state index in [2.05, 4.69) is 54.7 Å². The van der Waals surface area contributed by atoms with Crippen LogP contribution >= 0.6 is 0 Å². The lowest BCUT2D eigenvalue weighted by Gasteiger charge is -2.68. The molecule has 0 radical (unpaired) electrons. The summed E-state index contributed by atoms with van der Waals surface area (Å²) in [5.74, 6) is -0.346. The van der Waals surface area contributed by atoms with E-state index in [0.29, 0.717) is 25.2 Å². The van der Waals surface area contributed by atoms with E-state index < -0.39 is 42.3 Å². The third kappa shape index (κ3) is 6.09. The van der Waals surface area contributed by atoms with Crippen LogP contribution in [-0.4, -0.2) is 74.4 Å². The summed E-state index contributed by atoms with van der Waals surface area (Å²) < 4.78 is 12.5. The lowest BCUT2D eigenvalue weighted by molar-refractivity contribution is -0.312. The molecule has 1 heterocycles. The molecule has 0 unspecified atom stereocenters. The second-order valence-corrected chi connectivity index (χ2v) is 16.2. The van der Waals surface area contributed by atoms with Crippen LogP contribution in [0.15, 0.2) is 24.3 Å². The summed E-state index contributed by atoms with van der Waals surface area (Å²) in [7, 11) is 0. The van der Waals surface area contributed by atoms with Crippen LogP contribution in [0.2, 0.25) is 0 Å². The number of carbonyl (C=O) groups is 1. The first-order valence-corrected chi connectivity index (χ1v) is 16.9. The van der Waals surface area contributed by atoms with Gasteiger partial charge in [0.05, 0.1) is 18.3 Å². The molecule has 13 atom stereocenters. The zero-order valence-corrected chi connectivity index (χ0v) is 28.2. The number of allylic oxidation sites excluding steroid dienone is 2. The summed E-state index contributed by atoms with van der Waals surface area (Å²) in [5, 5.41) is 53.4. The van der Waals surface area contributed by atoms with Crippen molar-refractivity contribution in [3.05, 3.63) is 24.3 Å². The number of aliphatic hydroxyl groups is 4. The standard InChI is InChI=1S/C36H60O8/c1-20(2)22(5)10-17-36(9,42)24-12-16-35(8)29(24)26(44-32-31(41)30(40)25(37)19-43-32)18-27-33(6,14-13-28(38)39)23(21(3)4)11-15-34(27,35)7/h20,23-27,29-32,37,40-42H,3,5,10-19H2,1-2,4,6-9H3,(H,38,39)/t23-,24+,25+,26+,27-,29-,30-,31+,32-,33-,34+,35+,36-/m0/s1. The highest BCUT2D eigenvalue weighted by molar-refractivity contribution is 5.66. The van der Waals surface area contributed by atoms with Gasteiger partial charge in [0, 0.05) is 6.42 Å². The van der Waals surface area contributed by atoms with Crippen LogP contribution < -0.4 is 0 Å². The van der Waals surface area contributed by atoms with E-state index in [1.165, 1.54) is 0 Å². The highest BCUT2D eigenvalue weighted by Gasteiger charge is 2.70. The molecule has 1 aliphatic heterocycles. The zero-order chi connectivity index (χ0) is 33.0. The molecule has 0 aromatic rings. The molecule has 0 aromatic carbocycles. The number of hydrogen-bond donors (Lipinski definition) is 5. The summed E-state index contributed by atoms with van der Waals surface area (Å²) in [4.78, 5) is 11.9. The summed E-state index contributed by atoms with van der Waals surface area (Å²) >= 11 is 0. The predicted molar refractivity (Wildman–Crippen MR) is 170 cm³/mol. The van der Waals surface area contributed by atoms with Gasteiger partial charge >= 0.3 is 5.97 Å². The van der Waals surface area contributed by atoms with Crippen LogP contribution in [-0.2, 0) is 14.3 Å². The molecule has 0 bridgehead atoms. The molecule has 4 rings (SSSR count). The monoisotopic (exact) mass is 620 g/mol. The molecule has 4 fully saturated rings. The van der Waals surface area contributed by atoms with E-state index in [4.69, 9.17) is 9.47 Å². The van der Waals surface area contributed by atoms with Crippen LogP contribution in [0.1, 0.15) is 106 Å². The number of hydrogen-bond acceptors (Lipinski definition) is 7. The van der Waals surface area contributed by atoms with Crippen LogP contribution in [0.4, 0.5) is 0 Å². The number of carboxylic acids is 1. The normalized spacial score (nSPS) is 45.3. The molecule has 1 saturated heterocycles. The van der Waals surface area contributed by atoms with Gasteiger partial charge in [0.2, 0.25) is 0 Å². The van der Waals surface area contributed by atoms with Crippen molar-refractivity contribution < 1.29 is 39.8 Å². The molecule has 4 aliphatic rings. The minimum atomic E-state index is -1.42. The molecule has 0 amide bonds. The molecular weight excluding hydrogens is 560 g/mol. The number of aliphatic carboxylic acids is 1. The molecule has 5 N–H and O–H groups in total. The Morgan fingerprint density at radius 1 is 1.05 bits per heavy atom. The molecule has 8 heteroatoms. The van der Waals surface area contributed by atoms with Crippen molar-refractivity contribution in [3.8, 4) is 0 Å². The Morgan fingerprint density at radius 2 is 1.68 bits per heavy atom. The van der Waals surface area contributed by atoms with Gasteiger partial charge in [-0.3, -0.25) is 4.79 Å². The van der Waals surface area contributed by atoms with Gasteiger partial charge in [0.1, 0.15) is 18.3 Å². The van der Waals surface area contributed by atoms with Crippen LogP contribution in [0.3, 0.4) is 0 Å². The Balaban J connectivity index is 1.78. The van der Waals surface area contributed by atoms with Gasteiger partial charge in [-0.05, 0) is 111 Å². The Morgan fingerprint density at radius 3 is 2.27 bits per heavy atom. The van der Waals surface area contributed by atoms with Gasteiger partial charge in [0.25, 0.3) is 0 Å². The maximum Gasteiger partial charge on any atom is 0.303 e. The van der Waals surface area contributed by atoms with Crippen molar-refractivity contribution in [2.24, 2.45) is 45.8 Å². The van der Waals surface area contributed by atoms with E-state index >= 15 is 0 Å². The average Bonchev–Trinajstić information content (AvgIpc) is 3.32. The quantitative estimate of drug-likeness (QED) is 0.152. The second-order valence-electron chi connectivity index (χ2n) is 16.2. The smallest absolute Gasteiger partial charge is 0.303 e. The van der Waals surface area contributed by atoms with Crippen LogP contribution in [0, 0.1) is 45.8 Å². The fourth-order valence-corrected chi connectivity index (χ4v) is 10.4. The number of fused-ring (bicyclic) bond motifs is 3. The minimum absolute atomic E-state index is 0.0593. The van der Waals surface area contributed by atoms with E-state index in [0.717, 1.165) is 43.3 Å². The number of carboxylic acid groups (broad SMARTS) is 1. The summed E-state index contributed by atoms with van der Waals surface area (Å²) in [5.41, 5.74) is 0.481. The van der Waals surface area contributed by atoms with Crippen molar-refractivity contribution in [2.45, 2.75) is 143 Å². The number of rotatable bonds is 11. The van der Waals surface area contributed by atoms with Crippen molar-refractivity contribution in [3.63, 3.8) is 0 Å². The molecule has 44 heavy (non-hydrogen) atoms. The van der Waals surface area contributed by atoms with Gasteiger partial charge in [0.15, 0.2) is 6.29 Å². The van der Waals surface area contributed by atoms with Crippen molar-refractivity contribution >= 4 is 5.97 Å². The number of aliphatic hydroxyl groups excluding tert-OH is 3. The van der Waals surface area contributed by atoms with Crippen LogP contribution in [0.25, 0.3) is 0 Å². The van der Waals surface area contributed by atoms with Gasteiger partial charge in [-0.25, -0.2) is 0 Å². The maximum absolute atomic E-state index is 12.2. The van der Waals surface area contributed by atoms with Crippen LogP contribution in [0.5, 0.6) is 0 Å². The fourth-order valence-electron chi connectivity index (χ4n) is 10.4. The highest BCUT2D eigenvalue weighted by Crippen LogP contribution is 2.74. The largest absolute Gasteiger partial charge is 0.481 e. The first kappa shape index (κ1) is 35.6. The fraction of sp³-hybridized carbons (Fsp3) is 0.861. The van der Waals surface area contributed by atoms with E-state index in [1.807, 2.05) is 6.92 Å². The Hall–Kier alpha value is -1.29. The Kier molecular flexibility index (Phi) is 10.3. The van der Waals surface area contributed by atoms with Gasteiger partial charge < -0.3 is 35.0 Å². The first-order valence-electron chi connectivity index (χ1n) is 16.9. The highest BCUT2D eigenvalue weighted by atomic mass is 16.7. The summed E-state index contributed by atoms with van der Waals surface area (Å²) in [6.45, 7) is 23.7. The Bertz CT molecular complexity index is 1090. The van der Waals surface area contributed by atoms with Crippen molar-refractivity contribution in [2.75, 3.05) is 6.61 Å². The number of ether oxygens (including phenoxy) is 2. The summed E-state index contributed by atoms with van der Waals surface area (Å²) in [6.07, 6.45) is 0.652. The van der Waals surface area contributed by atoms with E-state index in [-0.39, 0.29) is 52.9 Å². The predicted octanol–water partition coefficient (Wildman–Crippen LogP) is 5.47. The third-order valence-electron chi connectivity index (χ3n) is 13.4. The lowest BCUT2D eigenvalue weighted by atomic mass is 9.37. The molecule has 3 aliphatic carbocycles. The lowest BCUT2D eigenvalue weighted by Crippen LogP contribution is -2.65. The second kappa shape index (κ2) is 12.7. The van der Waals surface area contributed by atoms with Crippen molar-refractivity contribution in [1.82, 2.24) is 0 Å². The molecule has 0 aromatic heterocycles. The van der Waals surface area contributed by atoms with Gasteiger partial charge in [-0.15, -0.1) is 0 Å². The third-order valence-corrected chi connectivity index (χ3v) is 13.4. The van der Waals surface area contributed by atoms with Crippen molar-refractivity contribution in [1.29, 1.82) is 0 Å². The SMILES string of the molecule is C=C(CC[C@](C)(O)[C@@H]1CC[C@]2(C)[C@@H]1[C@H](O[C@@H]1OC[C@@H](O)[C@H](O)[C@H]1O)C[C@H]1[C@@](C)(CCC(=O)O)[C@H](C(=C)C)CC[C@]12C)C(C)C. The molecule has 0 spiro atoms. The molecular formula is C36H60O8. The topological polar surface area (TPSA) is 137 Å². The van der Waals surface area contributed by atoms with E-state index in [1.54, 1.807) is 0 Å². The average molecular weight is 621 g/mol. The molecule has 3 saturated carbocycles. The maximum atomic E-state index is 12.2. The first-order chi connectivity index (χ1) is 20.3. The molecule has 8 nitrogen and oxygen atoms in total. The summed E-state index contributed by atoms with van der Waals surface area (Å²) in [6, 6.07) is 0. The molecule has 252 valence electrons. The zero-order valence-electron chi connectivity index (χ0n) is 28.2. The van der Waals surface area contributed by atoms with Gasteiger partial charge in [-0.1, -0.05) is 58.9 Å².